The van der Waals surface area contributed by atoms with Gasteiger partial charge in [0.25, 0.3) is 0 Å². The summed E-state index contributed by atoms with van der Waals surface area (Å²) in [5.41, 5.74) is 5.71. The van der Waals surface area contributed by atoms with Crippen LogP contribution in [0.5, 0.6) is 0 Å². The zero-order valence-electron chi connectivity index (χ0n) is 9.91. The van der Waals surface area contributed by atoms with Crippen molar-refractivity contribution in [2.75, 3.05) is 25.9 Å². The van der Waals surface area contributed by atoms with Crippen LogP contribution in [0, 0.1) is 5.92 Å². The number of nitrogens with two attached hydrogens (primary N) is 1. The minimum Gasteiger partial charge on any atom is -0.330 e. The van der Waals surface area contributed by atoms with Crippen LogP contribution in [-0.2, 0) is 10.0 Å². The first-order chi connectivity index (χ1) is 7.59. The summed E-state index contributed by atoms with van der Waals surface area (Å²) in [6.45, 7) is 1.20. The van der Waals surface area contributed by atoms with Crippen molar-refractivity contribution in [3.63, 3.8) is 0 Å². The fourth-order valence-electron chi connectivity index (χ4n) is 2.24. The summed E-state index contributed by atoms with van der Waals surface area (Å²) in [6, 6.07) is 0.394. The van der Waals surface area contributed by atoms with Crippen LogP contribution >= 0.6 is 0 Å². The Bertz CT molecular complexity index is 292. The quantitative estimate of drug-likeness (QED) is 0.600. The number of rotatable bonds is 6. The van der Waals surface area contributed by atoms with Crippen LogP contribution in [0.3, 0.4) is 0 Å². The van der Waals surface area contributed by atoms with E-state index >= 15 is 0 Å². The summed E-state index contributed by atoms with van der Waals surface area (Å²) < 4.78 is 24.7. The van der Waals surface area contributed by atoms with Gasteiger partial charge in [0.1, 0.15) is 0 Å². The molecule has 1 aliphatic rings. The van der Waals surface area contributed by atoms with Crippen LogP contribution in [0.2, 0.25) is 0 Å². The molecule has 0 aromatic carbocycles. The van der Waals surface area contributed by atoms with Crippen molar-refractivity contribution >= 4 is 10.0 Å². The van der Waals surface area contributed by atoms with Crippen LogP contribution in [0.15, 0.2) is 0 Å². The van der Waals surface area contributed by atoms with E-state index < -0.39 is 10.0 Å². The molecular formula is C10H23N3O2S. The predicted molar refractivity (Wildman–Crippen MR) is 65.6 cm³/mol. The molecule has 2 atom stereocenters. The molecular weight excluding hydrogens is 226 g/mol. The van der Waals surface area contributed by atoms with Crippen LogP contribution in [0.4, 0.5) is 0 Å². The molecule has 96 valence electrons. The lowest BCUT2D eigenvalue weighted by Gasteiger charge is -2.31. The Balaban J connectivity index is 2.30. The van der Waals surface area contributed by atoms with E-state index in [9.17, 15) is 8.42 Å². The lowest BCUT2D eigenvalue weighted by molar-refractivity contribution is 0.272. The fraction of sp³-hybridized carbons (Fsp3) is 1.00. The van der Waals surface area contributed by atoms with E-state index in [-0.39, 0.29) is 5.75 Å². The lowest BCUT2D eigenvalue weighted by Crippen LogP contribution is -2.44. The molecule has 5 nitrogen and oxygen atoms in total. The van der Waals surface area contributed by atoms with Crippen molar-refractivity contribution in [1.29, 1.82) is 0 Å². The highest BCUT2D eigenvalue weighted by atomic mass is 32.2. The van der Waals surface area contributed by atoms with Gasteiger partial charge in [-0.05, 0) is 32.4 Å². The Labute approximate surface area is 98.2 Å². The summed E-state index contributed by atoms with van der Waals surface area (Å²) in [4.78, 5) is 0. The van der Waals surface area contributed by atoms with Gasteiger partial charge in [-0.15, -0.1) is 0 Å². The van der Waals surface area contributed by atoms with Crippen molar-refractivity contribution in [2.24, 2.45) is 11.7 Å². The third-order valence-corrected chi connectivity index (χ3v) is 4.66. The van der Waals surface area contributed by atoms with Crippen molar-refractivity contribution in [2.45, 2.75) is 31.7 Å². The molecule has 2 unspecified atom stereocenters. The average molecular weight is 249 g/mol. The summed E-state index contributed by atoms with van der Waals surface area (Å²) in [5.74, 6) is 0.642. The number of sulfonamides is 1. The molecule has 1 aliphatic carbocycles. The number of hydrogen-bond acceptors (Lipinski definition) is 4. The maximum Gasteiger partial charge on any atom is 0.212 e. The van der Waals surface area contributed by atoms with E-state index in [1.54, 1.807) is 0 Å². The number of nitrogens with one attached hydrogen (secondary N) is 2. The molecule has 0 bridgehead atoms. The molecule has 0 radical (unpaired) electrons. The second-order valence-electron chi connectivity index (χ2n) is 4.36. The first kappa shape index (κ1) is 13.9. The minimum atomic E-state index is -3.09. The minimum absolute atomic E-state index is 0.136. The molecule has 0 aliphatic heterocycles. The Hall–Kier alpha value is -0.170. The molecule has 16 heavy (non-hydrogen) atoms. The second kappa shape index (κ2) is 6.54. The Morgan fingerprint density at radius 2 is 2.00 bits per heavy atom. The Morgan fingerprint density at radius 1 is 1.31 bits per heavy atom. The SMILES string of the molecule is CNS(=O)(=O)CCNC1CCCCC1CN. The first-order valence-corrected chi connectivity index (χ1v) is 7.59. The maximum absolute atomic E-state index is 11.2. The highest BCUT2D eigenvalue weighted by Crippen LogP contribution is 2.23. The van der Waals surface area contributed by atoms with Crippen LogP contribution in [0.25, 0.3) is 0 Å². The van der Waals surface area contributed by atoms with Gasteiger partial charge in [0.2, 0.25) is 10.0 Å². The van der Waals surface area contributed by atoms with Crippen LogP contribution < -0.4 is 15.8 Å². The van der Waals surface area contributed by atoms with E-state index in [4.69, 9.17) is 5.73 Å². The molecule has 4 N–H and O–H groups in total. The first-order valence-electron chi connectivity index (χ1n) is 5.93. The Kier molecular flexibility index (Phi) is 5.68. The summed E-state index contributed by atoms with van der Waals surface area (Å²) >= 11 is 0. The van der Waals surface area contributed by atoms with Crippen molar-refractivity contribution in [3.8, 4) is 0 Å². The largest absolute Gasteiger partial charge is 0.330 e. The van der Waals surface area contributed by atoms with Crippen molar-refractivity contribution in [1.82, 2.24) is 10.0 Å². The maximum atomic E-state index is 11.2. The van der Waals surface area contributed by atoms with Crippen molar-refractivity contribution < 1.29 is 8.42 Å². The topological polar surface area (TPSA) is 84.2 Å². The van der Waals surface area contributed by atoms with Gasteiger partial charge < -0.3 is 11.1 Å². The van der Waals surface area contributed by atoms with Gasteiger partial charge in [0.05, 0.1) is 5.75 Å². The molecule has 1 saturated carbocycles. The summed E-state index contributed by atoms with van der Waals surface area (Å²) in [6.07, 6.45) is 4.73. The van der Waals surface area contributed by atoms with E-state index in [0.29, 0.717) is 25.0 Å². The molecule has 1 fully saturated rings. The van der Waals surface area contributed by atoms with Gasteiger partial charge in [0.15, 0.2) is 0 Å². The summed E-state index contributed by atoms with van der Waals surface area (Å²) in [5, 5.41) is 3.31. The van der Waals surface area contributed by atoms with E-state index in [1.165, 1.54) is 19.9 Å². The molecule has 0 spiro atoms. The van der Waals surface area contributed by atoms with Gasteiger partial charge in [0, 0.05) is 12.6 Å². The Morgan fingerprint density at radius 3 is 2.62 bits per heavy atom. The predicted octanol–water partition coefficient (Wildman–Crippen LogP) is -0.357. The van der Waals surface area contributed by atoms with E-state index in [1.807, 2.05) is 0 Å². The highest BCUT2D eigenvalue weighted by Gasteiger charge is 2.23. The molecule has 0 saturated heterocycles. The monoisotopic (exact) mass is 249 g/mol. The fourth-order valence-corrected chi connectivity index (χ4v) is 2.83. The zero-order chi connectivity index (χ0) is 12.0. The van der Waals surface area contributed by atoms with Gasteiger partial charge in [-0.2, -0.15) is 0 Å². The molecule has 0 aromatic heterocycles. The van der Waals surface area contributed by atoms with Gasteiger partial charge in [-0.1, -0.05) is 12.8 Å². The molecule has 6 heteroatoms. The smallest absolute Gasteiger partial charge is 0.212 e. The van der Waals surface area contributed by atoms with E-state index in [2.05, 4.69) is 10.0 Å². The summed E-state index contributed by atoms with van der Waals surface area (Å²) in [7, 11) is -1.65. The normalized spacial score (nSPS) is 26.9. The van der Waals surface area contributed by atoms with Crippen LogP contribution in [-0.4, -0.2) is 40.3 Å². The van der Waals surface area contributed by atoms with Crippen molar-refractivity contribution in [3.05, 3.63) is 0 Å². The molecule has 1 rings (SSSR count). The standard InChI is InChI=1S/C10H23N3O2S/c1-12-16(14,15)7-6-13-10-5-3-2-4-9(10)8-11/h9-10,12-13H,2-8,11H2,1H3. The van der Waals surface area contributed by atoms with E-state index in [0.717, 1.165) is 12.8 Å². The highest BCUT2D eigenvalue weighted by molar-refractivity contribution is 7.89. The molecule has 0 aromatic rings. The third-order valence-electron chi connectivity index (χ3n) is 3.30. The van der Waals surface area contributed by atoms with Crippen LogP contribution in [0.1, 0.15) is 25.7 Å². The molecule has 0 heterocycles. The zero-order valence-corrected chi connectivity index (χ0v) is 10.7. The third kappa shape index (κ3) is 4.37. The molecule has 0 amide bonds. The van der Waals surface area contributed by atoms with Gasteiger partial charge in [-0.3, -0.25) is 0 Å². The van der Waals surface area contributed by atoms with Gasteiger partial charge in [-0.25, -0.2) is 13.1 Å². The second-order valence-corrected chi connectivity index (χ2v) is 6.41. The number of hydrogen-bond donors (Lipinski definition) is 3. The average Bonchev–Trinajstić information content (AvgIpc) is 2.29. The van der Waals surface area contributed by atoms with Gasteiger partial charge >= 0.3 is 0 Å². The lowest BCUT2D eigenvalue weighted by atomic mass is 9.84.